The largest absolute Gasteiger partial charge is 0.497 e. The van der Waals surface area contributed by atoms with E-state index in [0.29, 0.717) is 17.9 Å². The molecule has 0 aromatic heterocycles. The Morgan fingerprint density at radius 2 is 2.00 bits per heavy atom. The van der Waals surface area contributed by atoms with Crippen LogP contribution in [-0.2, 0) is 11.3 Å². The summed E-state index contributed by atoms with van der Waals surface area (Å²) in [5, 5.41) is 0. The summed E-state index contributed by atoms with van der Waals surface area (Å²) in [6.45, 7) is 2.54. The normalized spacial score (nSPS) is 17.4. The predicted molar refractivity (Wildman–Crippen MR) is 79.5 cm³/mol. The number of ether oxygens (including phenoxy) is 3. The van der Waals surface area contributed by atoms with Crippen molar-refractivity contribution in [1.29, 1.82) is 0 Å². The van der Waals surface area contributed by atoms with E-state index in [-0.39, 0.29) is 11.2 Å². The van der Waals surface area contributed by atoms with Crippen LogP contribution in [0.15, 0.2) is 18.2 Å². The minimum absolute atomic E-state index is 0.210. The van der Waals surface area contributed by atoms with Gasteiger partial charge in [0.05, 0.1) is 7.11 Å². The fraction of sp³-hybridized carbons (Fsp3) is 0.625. The van der Waals surface area contributed by atoms with E-state index in [0.717, 1.165) is 26.1 Å². The van der Waals surface area contributed by atoms with Gasteiger partial charge in [0, 0.05) is 38.9 Å². The van der Waals surface area contributed by atoms with Crippen molar-refractivity contribution in [2.24, 2.45) is 5.41 Å². The highest BCUT2D eigenvalue weighted by molar-refractivity contribution is 5.40. The van der Waals surface area contributed by atoms with E-state index < -0.39 is 6.61 Å². The van der Waals surface area contributed by atoms with Crippen LogP contribution in [0.2, 0.25) is 0 Å². The number of halogens is 2. The van der Waals surface area contributed by atoms with Crippen LogP contribution in [-0.4, -0.2) is 45.4 Å². The zero-order valence-corrected chi connectivity index (χ0v) is 13.3. The molecule has 1 aliphatic rings. The van der Waals surface area contributed by atoms with Crippen LogP contribution in [0.4, 0.5) is 8.78 Å². The van der Waals surface area contributed by atoms with Gasteiger partial charge in [-0.15, -0.1) is 0 Å². The van der Waals surface area contributed by atoms with E-state index in [1.54, 1.807) is 26.4 Å². The van der Waals surface area contributed by atoms with Crippen molar-refractivity contribution < 1.29 is 23.0 Å². The van der Waals surface area contributed by atoms with Gasteiger partial charge in [0.2, 0.25) is 0 Å². The average Bonchev–Trinajstić information content (AvgIpc) is 2.44. The molecule has 124 valence electrons. The second-order valence-electron chi connectivity index (χ2n) is 6.05. The van der Waals surface area contributed by atoms with Crippen molar-refractivity contribution in [3.05, 3.63) is 23.8 Å². The van der Waals surface area contributed by atoms with Crippen LogP contribution in [0.5, 0.6) is 11.5 Å². The van der Waals surface area contributed by atoms with E-state index in [2.05, 4.69) is 16.6 Å². The number of methoxy groups -OCH3 is 2. The van der Waals surface area contributed by atoms with Gasteiger partial charge in [-0.2, -0.15) is 8.78 Å². The Morgan fingerprint density at radius 3 is 2.59 bits per heavy atom. The minimum atomic E-state index is -2.82. The molecule has 0 radical (unpaired) electrons. The van der Waals surface area contributed by atoms with Crippen LogP contribution >= 0.6 is 0 Å². The zero-order chi connectivity index (χ0) is 16.2. The number of hydrogen-bond donors (Lipinski definition) is 0. The molecule has 2 rings (SSSR count). The first-order chi connectivity index (χ1) is 10.5. The Morgan fingerprint density at radius 1 is 1.27 bits per heavy atom. The quantitative estimate of drug-likeness (QED) is 0.737. The molecule has 0 N–H and O–H groups in total. The second kappa shape index (κ2) is 7.24. The predicted octanol–water partition coefficient (Wildman–Crippen LogP) is 3.16. The van der Waals surface area contributed by atoms with Gasteiger partial charge in [0.25, 0.3) is 0 Å². The van der Waals surface area contributed by atoms with Crippen molar-refractivity contribution in [2.45, 2.75) is 26.5 Å². The molecule has 1 aliphatic heterocycles. The maximum atomic E-state index is 12.5. The number of hydrogen-bond acceptors (Lipinski definition) is 4. The van der Waals surface area contributed by atoms with E-state index >= 15 is 0 Å². The average molecular weight is 315 g/mol. The van der Waals surface area contributed by atoms with Gasteiger partial charge in [-0.25, -0.2) is 0 Å². The lowest BCUT2D eigenvalue weighted by atomic mass is 9.79. The Bertz CT molecular complexity index is 490. The molecule has 1 aromatic rings. The lowest BCUT2D eigenvalue weighted by Gasteiger charge is -2.48. The van der Waals surface area contributed by atoms with E-state index in [1.807, 2.05) is 0 Å². The summed E-state index contributed by atoms with van der Waals surface area (Å²) in [4.78, 5) is 2.21. The highest BCUT2D eigenvalue weighted by Crippen LogP contribution is 2.36. The monoisotopic (exact) mass is 315 g/mol. The smallest absolute Gasteiger partial charge is 0.387 e. The lowest BCUT2D eigenvalue weighted by molar-refractivity contribution is -0.0525. The molecule has 4 nitrogen and oxygen atoms in total. The Kier molecular flexibility index (Phi) is 5.58. The van der Waals surface area contributed by atoms with Crippen molar-refractivity contribution in [2.75, 3.05) is 33.9 Å². The molecule has 0 aliphatic carbocycles. The number of likely N-dealkylation sites (tertiary alicyclic amines) is 1. The molecular formula is C16H23F2NO3. The molecule has 22 heavy (non-hydrogen) atoms. The van der Waals surface area contributed by atoms with Crippen molar-refractivity contribution in [3.63, 3.8) is 0 Å². The standard InChI is InChI=1S/C16H23F2NO3/c1-16(6-7-20-2)10-19(11-16)9-12-8-13(21-3)4-5-14(12)22-15(17)18/h4-5,8,15H,6-7,9-11H2,1-3H3. The third kappa shape index (κ3) is 4.30. The van der Waals surface area contributed by atoms with Crippen LogP contribution in [0.25, 0.3) is 0 Å². The van der Waals surface area contributed by atoms with Gasteiger partial charge < -0.3 is 14.2 Å². The van der Waals surface area contributed by atoms with Crippen LogP contribution in [0, 0.1) is 5.41 Å². The minimum Gasteiger partial charge on any atom is -0.497 e. The number of alkyl halides is 2. The number of rotatable bonds is 8. The molecule has 0 spiro atoms. The summed E-state index contributed by atoms with van der Waals surface area (Å²) in [6, 6.07) is 4.91. The summed E-state index contributed by atoms with van der Waals surface area (Å²) in [7, 11) is 3.25. The summed E-state index contributed by atoms with van der Waals surface area (Å²) in [5.41, 5.74) is 0.951. The van der Waals surface area contributed by atoms with Gasteiger partial charge >= 0.3 is 6.61 Å². The fourth-order valence-corrected chi connectivity index (χ4v) is 2.91. The van der Waals surface area contributed by atoms with Gasteiger partial charge in [-0.1, -0.05) is 6.92 Å². The van der Waals surface area contributed by atoms with Gasteiger partial charge in [0.15, 0.2) is 0 Å². The van der Waals surface area contributed by atoms with Crippen molar-refractivity contribution in [3.8, 4) is 11.5 Å². The molecule has 0 amide bonds. The first-order valence-electron chi connectivity index (χ1n) is 7.29. The van der Waals surface area contributed by atoms with Gasteiger partial charge in [-0.05, 0) is 30.0 Å². The molecule has 1 saturated heterocycles. The SMILES string of the molecule is COCCC1(C)CN(Cc2cc(OC)ccc2OC(F)F)C1. The molecule has 0 saturated carbocycles. The fourth-order valence-electron chi connectivity index (χ4n) is 2.91. The third-order valence-electron chi connectivity index (χ3n) is 4.00. The molecule has 0 atom stereocenters. The summed E-state index contributed by atoms with van der Waals surface area (Å²) >= 11 is 0. The first-order valence-corrected chi connectivity index (χ1v) is 7.29. The molecule has 1 fully saturated rings. The molecule has 6 heteroatoms. The maximum Gasteiger partial charge on any atom is 0.387 e. The Labute approximate surface area is 130 Å². The number of benzene rings is 1. The van der Waals surface area contributed by atoms with E-state index in [4.69, 9.17) is 9.47 Å². The Hall–Kier alpha value is -1.40. The topological polar surface area (TPSA) is 30.9 Å². The summed E-state index contributed by atoms with van der Waals surface area (Å²) < 4.78 is 39.9. The second-order valence-corrected chi connectivity index (χ2v) is 6.05. The highest BCUT2D eigenvalue weighted by Gasteiger charge is 2.38. The van der Waals surface area contributed by atoms with E-state index in [1.165, 1.54) is 6.07 Å². The molecule has 1 heterocycles. The summed E-state index contributed by atoms with van der Waals surface area (Å²) in [5.74, 6) is 0.848. The molecule has 0 bridgehead atoms. The van der Waals surface area contributed by atoms with Crippen molar-refractivity contribution >= 4 is 0 Å². The maximum absolute atomic E-state index is 12.5. The molecule has 0 unspecified atom stereocenters. The third-order valence-corrected chi connectivity index (χ3v) is 4.00. The van der Waals surface area contributed by atoms with Crippen LogP contribution in [0.1, 0.15) is 18.9 Å². The van der Waals surface area contributed by atoms with Crippen LogP contribution < -0.4 is 9.47 Å². The lowest BCUT2D eigenvalue weighted by Crippen LogP contribution is -2.54. The van der Waals surface area contributed by atoms with Gasteiger partial charge in [-0.3, -0.25) is 4.90 Å². The van der Waals surface area contributed by atoms with Crippen molar-refractivity contribution in [1.82, 2.24) is 4.90 Å². The Balaban J connectivity index is 2.00. The van der Waals surface area contributed by atoms with Crippen LogP contribution in [0.3, 0.4) is 0 Å². The molecular weight excluding hydrogens is 292 g/mol. The summed E-state index contributed by atoms with van der Waals surface area (Å²) in [6.07, 6.45) is 0.999. The number of nitrogens with zero attached hydrogens (tertiary/aromatic N) is 1. The molecule has 1 aromatic carbocycles. The zero-order valence-electron chi connectivity index (χ0n) is 13.3. The van der Waals surface area contributed by atoms with Gasteiger partial charge in [0.1, 0.15) is 11.5 Å². The van der Waals surface area contributed by atoms with E-state index in [9.17, 15) is 8.78 Å². The first kappa shape index (κ1) is 17.0. The highest BCUT2D eigenvalue weighted by atomic mass is 19.3.